The van der Waals surface area contributed by atoms with Gasteiger partial charge in [-0.3, -0.25) is 4.90 Å². The Hall–Kier alpha value is 0.230. The summed E-state index contributed by atoms with van der Waals surface area (Å²) in [7, 11) is 1.77. The topological polar surface area (TPSA) is 15.7 Å². The van der Waals surface area contributed by atoms with Crippen LogP contribution in [0.3, 0.4) is 0 Å². The van der Waals surface area contributed by atoms with Crippen molar-refractivity contribution in [3.05, 3.63) is 0 Å². The molecule has 0 aromatic rings. The van der Waals surface area contributed by atoms with Crippen molar-refractivity contribution in [2.75, 3.05) is 39.6 Å². The molecule has 2 atom stereocenters. The Morgan fingerprint density at radius 3 is 2.57 bits per heavy atom. The van der Waals surface area contributed by atoms with E-state index in [4.69, 9.17) is 4.74 Å². The summed E-state index contributed by atoms with van der Waals surface area (Å²) in [6, 6.07) is 1.30. The monoisotopic (exact) mass is 218 g/mol. The molecule has 0 spiro atoms. The molecule has 3 nitrogen and oxygen atoms in total. The van der Waals surface area contributed by atoms with Crippen LogP contribution in [0.1, 0.15) is 13.8 Å². The van der Waals surface area contributed by atoms with Crippen LogP contribution < -0.4 is 0 Å². The smallest absolute Gasteiger partial charge is 0.0589 e. The zero-order chi connectivity index (χ0) is 10.6. The van der Waals surface area contributed by atoms with E-state index in [9.17, 15) is 0 Å². The zero-order valence-electron chi connectivity index (χ0n) is 9.69. The number of rotatable bonds is 4. The van der Waals surface area contributed by atoms with E-state index in [-0.39, 0.29) is 0 Å². The minimum Gasteiger partial charge on any atom is -0.383 e. The number of ether oxygens (including phenoxy) is 1. The molecule has 2 unspecified atom stereocenters. The summed E-state index contributed by atoms with van der Waals surface area (Å²) in [6.45, 7) is 8.81. The van der Waals surface area contributed by atoms with E-state index in [0.717, 1.165) is 26.2 Å². The van der Waals surface area contributed by atoms with Crippen LogP contribution in [0, 0.1) is 0 Å². The molecule has 84 valence electrons. The second-order valence-corrected chi connectivity index (χ2v) is 4.80. The summed E-state index contributed by atoms with van der Waals surface area (Å²) in [5.74, 6) is 0. The maximum atomic E-state index is 5.12. The van der Waals surface area contributed by atoms with Crippen molar-refractivity contribution in [1.82, 2.24) is 9.21 Å². The number of piperazine rings is 1. The maximum Gasteiger partial charge on any atom is 0.0589 e. The van der Waals surface area contributed by atoms with Crippen LogP contribution in [0.15, 0.2) is 0 Å². The van der Waals surface area contributed by atoms with E-state index in [0.29, 0.717) is 12.1 Å². The van der Waals surface area contributed by atoms with E-state index >= 15 is 0 Å². The fourth-order valence-electron chi connectivity index (χ4n) is 1.94. The highest BCUT2D eigenvalue weighted by atomic mass is 32.2. The van der Waals surface area contributed by atoms with Crippen LogP contribution in [0.5, 0.6) is 0 Å². The lowest BCUT2D eigenvalue weighted by Gasteiger charge is -2.42. The molecule has 1 saturated heterocycles. The highest BCUT2D eigenvalue weighted by molar-refractivity contribution is 7.96. The van der Waals surface area contributed by atoms with Gasteiger partial charge in [0.15, 0.2) is 0 Å². The average molecular weight is 218 g/mol. The second-order valence-electron chi connectivity index (χ2n) is 3.97. The molecular weight excluding hydrogens is 196 g/mol. The van der Waals surface area contributed by atoms with Gasteiger partial charge >= 0.3 is 0 Å². The van der Waals surface area contributed by atoms with Crippen LogP contribution >= 0.6 is 11.9 Å². The van der Waals surface area contributed by atoms with E-state index in [1.54, 1.807) is 7.11 Å². The first-order chi connectivity index (χ1) is 6.69. The van der Waals surface area contributed by atoms with E-state index in [1.165, 1.54) is 0 Å². The molecule has 0 amide bonds. The van der Waals surface area contributed by atoms with Crippen LogP contribution in [0.25, 0.3) is 0 Å². The third-order valence-corrected chi connectivity index (χ3v) is 3.85. The summed E-state index contributed by atoms with van der Waals surface area (Å²) >= 11 is 1.86. The molecule has 0 saturated carbocycles. The Morgan fingerprint density at radius 2 is 2.00 bits per heavy atom. The summed E-state index contributed by atoms with van der Waals surface area (Å²) in [5, 5.41) is 0. The predicted molar refractivity (Wildman–Crippen MR) is 62.6 cm³/mol. The number of hydrogen-bond donors (Lipinski definition) is 0. The maximum absolute atomic E-state index is 5.12. The van der Waals surface area contributed by atoms with Gasteiger partial charge in [0.25, 0.3) is 0 Å². The molecule has 0 aliphatic carbocycles. The molecule has 0 radical (unpaired) electrons. The van der Waals surface area contributed by atoms with Crippen molar-refractivity contribution in [2.45, 2.75) is 25.9 Å². The summed E-state index contributed by atoms with van der Waals surface area (Å²) in [5.41, 5.74) is 0. The molecule has 1 fully saturated rings. The second kappa shape index (κ2) is 5.95. The van der Waals surface area contributed by atoms with Crippen molar-refractivity contribution in [1.29, 1.82) is 0 Å². The molecular formula is C10H22N2OS. The first-order valence-corrected chi connectivity index (χ1v) is 6.41. The molecule has 0 aromatic carbocycles. The minimum atomic E-state index is 0.647. The largest absolute Gasteiger partial charge is 0.383 e. The van der Waals surface area contributed by atoms with Crippen molar-refractivity contribution in [2.24, 2.45) is 0 Å². The molecule has 1 heterocycles. The van der Waals surface area contributed by atoms with E-state index in [1.807, 2.05) is 11.9 Å². The predicted octanol–water partition coefficient (Wildman–Crippen LogP) is 1.31. The first-order valence-electron chi connectivity index (χ1n) is 5.22. The SMILES string of the molecule is COCCN1CC(C)N(SC)CC1C. The average Bonchev–Trinajstić information content (AvgIpc) is 2.18. The third kappa shape index (κ3) is 3.12. The highest BCUT2D eigenvalue weighted by Crippen LogP contribution is 2.20. The lowest BCUT2D eigenvalue weighted by Crippen LogP contribution is -2.54. The lowest BCUT2D eigenvalue weighted by atomic mass is 10.1. The Kier molecular flexibility index (Phi) is 5.23. The van der Waals surface area contributed by atoms with Crippen LogP contribution in [-0.4, -0.2) is 60.9 Å². The molecule has 0 bridgehead atoms. The zero-order valence-corrected chi connectivity index (χ0v) is 10.5. The van der Waals surface area contributed by atoms with Crippen LogP contribution in [0.4, 0.5) is 0 Å². The quantitative estimate of drug-likeness (QED) is 0.661. The summed E-state index contributed by atoms with van der Waals surface area (Å²) < 4.78 is 7.59. The van der Waals surface area contributed by atoms with Gasteiger partial charge in [-0.1, -0.05) is 11.9 Å². The summed E-state index contributed by atoms with van der Waals surface area (Å²) in [4.78, 5) is 2.51. The van der Waals surface area contributed by atoms with Gasteiger partial charge in [0, 0.05) is 38.8 Å². The van der Waals surface area contributed by atoms with Gasteiger partial charge < -0.3 is 4.74 Å². The van der Waals surface area contributed by atoms with Crippen molar-refractivity contribution >= 4 is 11.9 Å². The van der Waals surface area contributed by atoms with E-state index in [2.05, 4.69) is 29.3 Å². The van der Waals surface area contributed by atoms with Crippen molar-refractivity contribution < 1.29 is 4.74 Å². The van der Waals surface area contributed by atoms with Gasteiger partial charge in [0.1, 0.15) is 0 Å². The van der Waals surface area contributed by atoms with Gasteiger partial charge in [-0.25, -0.2) is 4.31 Å². The van der Waals surface area contributed by atoms with Gasteiger partial charge in [0.05, 0.1) is 6.61 Å². The van der Waals surface area contributed by atoms with Gasteiger partial charge in [-0.2, -0.15) is 0 Å². The standard InChI is InChI=1S/C10H22N2OS/c1-9-8-12(14-4)10(2)7-11(9)5-6-13-3/h9-10H,5-8H2,1-4H3. The van der Waals surface area contributed by atoms with Crippen LogP contribution in [0.2, 0.25) is 0 Å². The van der Waals surface area contributed by atoms with E-state index < -0.39 is 0 Å². The lowest BCUT2D eigenvalue weighted by molar-refractivity contribution is 0.0686. The molecule has 14 heavy (non-hydrogen) atoms. The highest BCUT2D eigenvalue weighted by Gasteiger charge is 2.27. The summed E-state index contributed by atoms with van der Waals surface area (Å²) in [6.07, 6.45) is 2.16. The Bertz CT molecular complexity index is 168. The van der Waals surface area contributed by atoms with Gasteiger partial charge in [-0.15, -0.1) is 0 Å². The normalized spacial score (nSPS) is 30.9. The molecule has 4 heteroatoms. The van der Waals surface area contributed by atoms with Crippen molar-refractivity contribution in [3.8, 4) is 0 Å². The first kappa shape index (κ1) is 12.3. The number of nitrogens with zero attached hydrogens (tertiary/aromatic N) is 2. The van der Waals surface area contributed by atoms with Gasteiger partial charge in [-0.05, 0) is 20.1 Å². The van der Waals surface area contributed by atoms with Crippen LogP contribution in [-0.2, 0) is 4.74 Å². The fraction of sp³-hybridized carbons (Fsp3) is 1.00. The molecule has 1 aliphatic heterocycles. The fourth-order valence-corrected chi connectivity index (χ4v) is 2.73. The third-order valence-electron chi connectivity index (χ3n) is 2.88. The number of hydrogen-bond acceptors (Lipinski definition) is 4. The molecule has 0 N–H and O–H groups in total. The Morgan fingerprint density at radius 1 is 1.29 bits per heavy atom. The van der Waals surface area contributed by atoms with Crippen molar-refractivity contribution in [3.63, 3.8) is 0 Å². The minimum absolute atomic E-state index is 0.647. The number of methoxy groups -OCH3 is 1. The Labute approximate surface area is 91.9 Å². The molecule has 1 rings (SSSR count). The van der Waals surface area contributed by atoms with Gasteiger partial charge in [0.2, 0.25) is 0 Å². The molecule has 1 aliphatic rings. The Balaban J connectivity index is 2.40. The molecule has 0 aromatic heterocycles.